The number of anilines is 1. The normalized spacial score (nSPS) is 19.9. The number of likely N-dealkylation sites (N-methyl/N-ethyl adjacent to an activating group) is 1. The standard InChI is InChI=1S/C24H24N6O4/c1-25-24(33)20-17(32)11-18(34-20)30-13-27-19-22(26-12-14-5-3-2-4-6-14)28-21(29-23(19)30)15-7-9-16(31)10-8-15/h2-10,13,17-18,20,31-32H,11-12H2,1H3,(H,25,33)(H,26,28,29)/t17-,18+,20-/m0/s1. The lowest BCUT2D eigenvalue weighted by Crippen LogP contribution is -2.38. The molecule has 3 heterocycles. The fourth-order valence-corrected chi connectivity index (χ4v) is 3.98. The van der Waals surface area contributed by atoms with E-state index in [4.69, 9.17) is 14.7 Å². The Bertz CT molecular complexity index is 1310. The van der Waals surface area contributed by atoms with E-state index in [1.165, 1.54) is 7.05 Å². The topological polar surface area (TPSA) is 134 Å². The van der Waals surface area contributed by atoms with Crippen LogP contribution in [0.5, 0.6) is 5.75 Å². The number of carbonyl (C=O) groups is 1. The second-order valence-corrected chi connectivity index (χ2v) is 8.03. The largest absolute Gasteiger partial charge is 0.508 e. The summed E-state index contributed by atoms with van der Waals surface area (Å²) in [6.07, 6.45) is -0.739. The highest BCUT2D eigenvalue weighted by Gasteiger charge is 2.40. The minimum absolute atomic E-state index is 0.144. The maximum absolute atomic E-state index is 12.1. The third-order valence-corrected chi connectivity index (χ3v) is 5.76. The Morgan fingerprint density at radius 1 is 1.15 bits per heavy atom. The van der Waals surface area contributed by atoms with E-state index in [0.717, 1.165) is 5.56 Å². The molecule has 0 bridgehead atoms. The first-order valence-electron chi connectivity index (χ1n) is 10.9. The zero-order valence-corrected chi connectivity index (χ0v) is 18.4. The van der Waals surface area contributed by atoms with Crippen molar-refractivity contribution < 1.29 is 19.7 Å². The van der Waals surface area contributed by atoms with Gasteiger partial charge in [0.2, 0.25) is 0 Å². The SMILES string of the molecule is CNC(=O)[C@H]1O[C@@H](n2cnc3c(NCc4ccccc4)nc(-c4ccc(O)cc4)nc32)C[C@@H]1O. The number of benzene rings is 2. The quantitative estimate of drug-likeness (QED) is 0.344. The van der Waals surface area contributed by atoms with Crippen molar-refractivity contribution in [3.63, 3.8) is 0 Å². The second kappa shape index (κ2) is 9.08. The Hall–Kier alpha value is -4.02. The van der Waals surface area contributed by atoms with Crippen molar-refractivity contribution in [2.24, 2.45) is 0 Å². The van der Waals surface area contributed by atoms with Crippen molar-refractivity contribution >= 4 is 22.9 Å². The first-order chi connectivity index (χ1) is 16.5. The number of phenolic OH excluding ortho intramolecular Hbond substituents is 1. The molecular weight excluding hydrogens is 436 g/mol. The molecule has 1 aliphatic heterocycles. The van der Waals surface area contributed by atoms with E-state index in [1.54, 1.807) is 35.2 Å². The average Bonchev–Trinajstić information content (AvgIpc) is 3.46. The number of amides is 1. The van der Waals surface area contributed by atoms with Crippen LogP contribution in [-0.2, 0) is 16.1 Å². The lowest BCUT2D eigenvalue weighted by atomic mass is 10.1. The van der Waals surface area contributed by atoms with Crippen LogP contribution in [0.2, 0.25) is 0 Å². The molecule has 2 aromatic heterocycles. The Balaban J connectivity index is 1.55. The van der Waals surface area contributed by atoms with Gasteiger partial charge in [-0.3, -0.25) is 9.36 Å². The molecule has 10 nitrogen and oxygen atoms in total. The van der Waals surface area contributed by atoms with Crippen LogP contribution < -0.4 is 10.6 Å². The van der Waals surface area contributed by atoms with Crippen molar-refractivity contribution in [3.05, 3.63) is 66.5 Å². The van der Waals surface area contributed by atoms with Gasteiger partial charge < -0.3 is 25.6 Å². The highest BCUT2D eigenvalue weighted by Crippen LogP contribution is 2.33. The van der Waals surface area contributed by atoms with Crippen LogP contribution in [0.25, 0.3) is 22.6 Å². The molecule has 3 atom stereocenters. The predicted molar refractivity (Wildman–Crippen MR) is 125 cm³/mol. The maximum atomic E-state index is 12.1. The van der Waals surface area contributed by atoms with E-state index in [-0.39, 0.29) is 18.1 Å². The van der Waals surface area contributed by atoms with Gasteiger partial charge in [0.05, 0.1) is 12.4 Å². The molecule has 1 amide bonds. The molecule has 4 N–H and O–H groups in total. The first-order valence-corrected chi connectivity index (χ1v) is 10.9. The molecule has 0 aliphatic carbocycles. The van der Waals surface area contributed by atoms with Crippen LogP contribution >= 0.6 is 0 Å². The molecule has 10 heteroatoms. The van der Waals surface area contributed by atoms with Crippen molar-refractivity contribution in [2.45, 2.75) is 31.4 Å². The van der Waals surface area contributed by atoms with Crippen LogP contribution in [0.4, 0.5) is 5.82 Å². The molecule has 4 aromatic rings. The van der Waals surface area contributed by atoms with Crippen molar-refractivity contribution in [1.29, 1.82) is 0 Å². The van der Waals surface area contributed by atoms with Crippen LogP contribution in [0.1, 0.15) is 18.2 Å². The number of ether oxygens (including phenoxy) is 1. The summed E-state index contributed by atoms with van der Waals surface area (Å²) < 4.78 is 7.57. The number of nitrogens with one attached hydrogen (secondary N) is 2. The van der Waals surface area contributed by atoms with Crippen molar-refractivity contribution in [2.75, 3.05) is 12.4 Å². The fraction of sp³-hybridized carbons (Fsp3) is 0.250. The predicted octanol–water partition coefficient (Wildman–Crippen LogP) is 2.21. The van der Waals surface area contributed by atoms with Crippen molar-refractivity contribution in [1.82, 2.24) is 24.8 Å². The summed E-state index contributed by atoms with van der Waals surface area (Å²) in [6.45, 7) is 0.534. The van der Waals surface area contributed by atoms with Gasteiger partial charge in [-0.1, -0.05) is 30.3 Å². The molecule has 1 saturated heterocycles. The van der Waals surface area contributed by atoms with Crippen LogP contribution in [0.15, 0.2) is 60.9 Å². The van der Waals surface area contributed by atoms with Gasteiger partial charge in [0.15, 0.2) is 28.9 Å². The Morgan fingerprint density at radius 3 is 2.65 bits per heavy atom. The highest BCUT2D eigenvalue weighted by molar-refractivity contribution is 5.85. The number of carbonyl (C=O) groups excluding carboxylic acids is 1. The molecule has 0 saturated carbocycles. The fourth-order valence-electron chi connectivity index (χ4n) is 3.98. The minimum Gasteiger partial charge on any atom is -0.508 e. The second-order valence-electron chi connectivity index (χ2n) is 8.03. The zero-order chi connectivity index (χ0) is 23.7. The van der Waals surface area contributed by atoms with Gasteiger partial charge >= 0.3 is 0 Å². The lowest BCUT2D eigenvalue weighted by molar-refractivity contribution is -0.137. The summed E-state index contributed by atoms with van der Waals surface area (Å²) >= 11 is 0. The highest BCUT2D eigenvalue weighted by atomic mass is 16.5. The maximum Gasteiger partial charge on any atom is 0.251 e. The average molecular weight is 460 g/mol. The summed E-state index contributed by atoms with van der Waals surface area (Å²) in [5, 5.41) is 25.9. The number of hydrogen-bond donors (Lipinski definition) is 4. The van der Waals surface area contributed by atoms with Gasteiger partial charge in [0, 0.05) is 25.6 Å². The van der Waals surface area contributed by atoms with Crippen molar-refractivity contribution in [3.8, 4) is 17.1 Å². The molecule has 34 heavy (non-hydrogen) atoms. The van der Waals surface area contributed by atoms with Gasteiger partial charge in [-0.05, 0) is 29.8 Å². The Kier molecular flexibility index (Phi) is 5.83. The zero-order valence-electron chi connectivity index (χ0n) is 18.4. The smallest absolute Gasteiger partial charge is 0.251 e. The number of aromatic hydroxyl groups is 1. The monoisotopic (exact) mass is 460 g/mol. The van der Waals surface area contributed by atoms with Gasteiger partial charge in [0.1, 0.15) is 12.0 Å². The lowest BCUT2D eigenvalue weighted by Gasteiger charge is -2.15. The molecule has 0 radical (unpaired) electrons. The summed E-state index contributed by atoms with van der Waals surface area (Å²) in [4.78, 5) is 26.0. The number of aromatic nitrogens is 4. The van der Waals surface area contributed by atoms with Gasteiger partial charge in [-0.15, -0.1) is 0 Å². The number of imidazole rings is 1. The number of fused-ring (bicyclic) bond motifs is 1. The number of nitrogens with zero attached hydrogens (tertiary/aromatic N) is 4. The summed E-state index contributed by atoms with van der Waals surface area (Å²) in [5.41, 5.74) is 2.84. The number of rotatable bonds is 6. The number of aliphatic hydroxyl groups excluding tert-OH is 1. The minimum atomic E-state index is -0.971. The van der Waals surface area contributed by atoms with Crippen LogP contribution in [0, 0.1) is 0 Å². The number of phenols is 1. The summed E-state index contributed by atoms with van der Waals surface area (Å²) in [7, 11) is 1.50. The van der Waals surface area contributed by atoms with Gasteiger partial charge in [0.25, 0.3) is 5.91 Å². The molecule has 1 fully saturated rings. The molecular formula is C24H24N6O4. The van der Waals surface area contributed by atoms with Gasteiger partial charge in [-0.25, -0.2) is 15.0 Å². The molecule has 0 spiro atoms. The first kappa shape index (κ1) is 21.8. The van der Waals surface area contributed by atoms with E-state index in [9.17, 15) is 15.0 Å². The summed E-state index contributed by atoms with van der Waals surface area (Å²) in [5.74, 6) is 0.734. The van der Waals surface area contributed by atoms with E-state index < -0.39 is 18.4 Å². The number of hydrogen-bond acceptors (Lipinski definition) is 8. The van der Waals surface area contributed by atoms with E-state index in [2.05, 4.69) is 15.6 Å². The van der Waals surface area contributed by atoms with E-state index in [0.29, 0.717) is 34.9 Å². The van der Waals surface area contributed by atoms with Crippen LogP contribution in [-0.4, -0.2) is 54.9 Å². The third kappa shape index (κ3) is 4.16. The van der Waals surface area contributed by atoms with Crippen LogP contribution in [0.3, 0.4) is 0 Å². The summed E-state index contributed by atoms with van der Waals surface area (Å²) in [6, 6.07) is 16.5. The van der Waals surface area contributed by atoms with E-state index in [1.807, 2.05) is 30.3 Å². The molecule has 5 rings (SSSR count). The Labute approximate surface area is 195 Å². The number of aliphatic hydroxyl groups is 1. The molecule has 2 aromatic carbocycles. The molecule has 0 unspecified atom stereocenters. The molecule has 1 aliphatic rings. The Morgan fingerprint density at radius 2 is 1.91 bits per heavy atom. The van der Waals surface area contributed by atoms with Gasteiger partial charge in [-0.2, -0.15) is 0 Å². The molecule has 174 valence electrons. The van der Waals surface area contributed by atoms with E-state index >= 15 is 0 Å². The third-order valence-electron chi connectivity index (χ3n) is 5.76.